The zero-order valence-electron chi connectivity index (χ0n) is 12.0. The molecule has 4 heteroatoms. The number of aromatic nitrogens is 1. The topological polar surface area (TPSA) is 44.9 Å². The Balaban J connectivity index is 2.10. The van der Waals surface area contributed by atoms with E-state index < -0.39 is 0 Å². The summed E-state index contributed by atoms with van der Waals surface area (Å²) in [6.07, 6.45) is 0. The van der Waals surface area contributed by atoms with Gasteiger partial charge in [-0.25, -0.2) is 0 Å². The zero-order valence-corrected chi connectivity index (χ0v) is 12.8. The van der Waals surface area contributed by atoms with Crippen molar-refractivity contribution in [3.8, 4) is 10.4 Å². The normalized spacial score (nSPS) is 11.1. The van der Waals surface area contributed by atoms with Gasteiger partial charge in [0.2, 0.25) is 0 Å². The van der Waals surface area contributed by atoms with Gasteiger partial charge >= 0.3 is 0 Å². The lowest BCUT2D eigenvalue weighted by molar-refractivity contribution is 1.34. The molecule has 0 radical (unpaired) electrons. The molecule has 2 aromatic carbocycles. The van der Waals surface area contributed by atoms with Crippen LogP contribution >= 0.6 is 11.3 Å². The SMILES string of the molecule is CNc1cccc2c1[nH]c(=O)c1cc(-c3ccccc3)sc12. The lowest BCUT2D eigenvalue weighted by atomic mass is 10.1. The highest BCUT2D eigenvalue weighted by molar-refractivity contribution is 7.23. The summed E-state index contributed by atoms with van der Waals surface area (Å²) in [6, 6.07) is 18.2. The predicted molar refractivity (Wildman–Crippen MR) is 94.9 cm³/mol. The first-order valence-corrected chi connectivity index (χ1v) is 7.91. The van der Waals surface area contributed by atoms with E-state index in [1.54, 1.807) is 11.3 Å². The molecule has 0 saturated carbocycles. The number of aromatic amines is 1. The Labute approximate surface area is 131 Å². The van der Waals surface area contributed by atoms with E-state index in [0.29, 0.717) is 0 Å². The number of benzene rings is 2. The number of para-hydroxylation sites is 1. The Morgan fingerprint density at radius 1 is 1.00 bits per heavy atom. The van der Waals surface area contributed by atoms with E-state index in [-0.39, 0.29) is 5.56 Å². The van der Waals surface area contributed by atoms with Gasteiger partial charge in [0.15, 0.2) is 0 Å². The molecule has 3 nitrogen and oxygen atoms in total. The molecule has 0 spiro atoms. The van der Waals surface area contributed by atoms with Crippen LogP contribution in [0.5, 0.6) is 0 Å². The number of nitrogens with one attached hydrogen (secondary N) is 2. The molecule has 0 aliphatic heterocycles. The minimum absolute atomic E-state index is 0.0383. The summed E-state index contributed by atoms with van der Waals surface area (Å²) in [6.45, 7) is 0. The van der Waals surface area contributed by atoms with Crippen molar-refractivity contribution in [2.45, 2.75) is 0 Å². The molecule has 0 fully saturated rings. The van der Waals surface area contributed by atoms with E-state index in [0.717, 1.165) is 37.1 Å². The lowest BCUT2D eigenvalue weighted by Gasteiger charge is -2.05. The predicted octanol–water partition coefficient (Wildman–Crippen LogP) is 4.45. The summed E-state index contributed by atoms with van der Waals surface area (Å²) >= 11 is 1.67. The van der Waals surface area contributed by atoms with E-state index in [9.17, 15) is 4.79 Å². The standard InChI is InChI=1S/C18H14N2OS/c1-19-14-9-5-8-12-16(14)20-18(21)13-10-15(22-17(12)13)11-6-3-2-4-7-11/h2-10,19H,1H3,(H,20,21). The largest absolute Gasteiger partial charge is 0.386 e. The molecule has 2 N–H and O–H groups in total. The van der Waals surface area contributed by atoms with Gasteiger partial charge in [0.1, 0.15) is 0 Å². The Bertz CT molecular complexity index is 1030. The minimum Gasteiger partial charge on any atom is -0.386 e. The molecule has 0 aliphatic rings. The van der Waals surface area contributed by atoms with Gasteiger partial charge in [0.05, 0.1) is 16.6 Å². The number of hydrogen-bond acceptors (Lipinski definition) is 3. The molecule has 108 valence electrons. The molecule has 0 amide bonds. The van der Waals surface area contributed by atoms with Crippen LogP contribution in [0.2, 0.25) is 0 Å². The van der Waals surface area contributed by atoms with Crippen LogP contribution in [-0.4, -0.2) is 12.0 Å². The van der Waals surface area contributed by atoms with E-state index >= 15 is 0 Å². The first kappa shape index (κ1) is 13.1. The van der Waals surface area contributed by atoms with Gasteiger partial charge in [-0.05, 0) is 17.7 Å². The third kappa shape index (κ3) is 1.92. The fourth-order valence-corrected chi connectivity index (χ4v) is 3.96. The Morgan fingerprint density at radius 3 is 2.59 bits per heavy atom. The second-order valence-electron chi connectivity index (χ2n) is 5.15. The van der Waals surface area contributed by atoms with Crippen molar-refractivity contribution in [3.05, 3.63) is 65.0 Å². The van der Waals surface area contributed by atoms with Crippen molar-refractivity contribution in [2.75, 3.05) is 12.4 Å². The van der Waals surface area contributed by atoms with Crippen molar-refractivity contribution in [1.82, 2.24) is 4.98 Å². The van der Waals surface area contributed by atoms with E-state index in [1.165, 1.54) is 0 Å². The Hall–Kier alpha value is -2.59. The molecular formula is C18H14N2OS. The first-order chi connectivity index (χ1) is 10.8. The maximum absolute atomic E-state index is 12.4. The zero-order chi connectivity index (χ0) is 15.1. The van der Waals surface area contributed by atoms with Crippen molar-refractivity contribution < 1.29 is 0 Å². The highest BCUT2D eigenvalue weighted by Gasteiger charge is 2.12. The molecule has 2 heterocycles. The lowest BCUT2D eigenvalue weighted by Crippen LogP contribution is -2.06. The van der Waals surface area contributed by atoms with Gasteiger partial charge in [-0.3, -0.25) is 4.79 Å². The molecule has 0 saturated heterocycles. The molecule has 22 heavy (non-hydrogen) atoms. The highest BCUT2D eigenvalue weighted by Crippen LogP contribution is 2.36. The molecule has 0 bridgehead atoms. The smallest absolute Gasteiger partial charge is 0.257 e. The third-order valence-electron chi connectivity index (χ3n) is 3.85. The summed E-state index contributed by atoms with van der Waals surface area (Å²) in [5, 5.41) is 4.97. The van der Waals surface area contributed by atoms with E-state index in [4.69, 9.17) is 0 Å². The van der Waals surface area contributed by atoms with Crippen molar-refractivity contribution in [3.63, 3.8) is 0 Å². The number of hydrogen-bond donors (Lipinski definition) is 2. The van der Waals surface area contributed by atoms with E-state index in [2.05, 4.69) is 28.5 Å². The van der Waals surface area contributed by atoms with Gasteiger partial charge in [-0.15, -0.1) is 11.3 Å². The second-order valence-corrected chi connectivity index (χ2v) is 6.20. The summed E-state index contributed by atoms with van der Waals surface area (Å²) < 4.78 is 1.04. The van der Waals surface area contributed by atoms with Crippen LogP contribution < -0.4 is 10.9 Å². The monoisotopic (exact) mass is 306 g/mol. The van der Waals surface area contributed by atoms with Crippen LogP contribution in [0.1, 0.15) is 0 Å². The van der Waals surface area contributed by atoms with Crippen molar-refractivity contribution in [1.29, 1.82) is 0 Å². The molecule has 0 unspecified atom stereocenters. The highest BCUT2D eigenvalue weighted by atomic mass is 32.1. The fraction of sp³-hybridized carbons (Fsp3) is 0.0556. The molecule has 0 atom stereocenters. The molecule has 2 aromatic heterocycles. The first-order valence-electron chi connectivity index (χ1n) is 7.09. The Morgan fingerprint density at radius 2 is 1.82 bits per heavy atom. The number of fused-ring (bicyclic) bond motifs is 3. The van der Waals surface area contributed by atoms with Crippen LogP contribution in [0.15, 0.2) is 59.4 Å². The second kappa shape index (κ2) is 5.00. The average molecular weight is 306 g/mol. The van der Waals surface area contributed by atoms with Crippen LogP contribution in [0.25, 0.3) is 31.4 Å². The number of pyridine rings is 1. The third-order valence-corrected chi connectivity index (χ3v) is 5.07. The Kier molecular flexibility index (Phi) is 2.98. The average Bonchev–Trinajstić information content (AvgIpc) is 3.02. The van der Waals surface area contributed by atoms with Crippen LogP contribution in [-0.2, 0) is 0 Å². The quantitative estimate of drug-likeness (QED) is 0.574. The van der Waals surface area contributed by atoms with Crippen LogP contribution in [0.3, 0.4) is 0 Å². The van der Waals surface area contributed by atoms with Gasteiger partial charge in [0, 0.05) is 22.0 Å². The van der Waals surface area contributed by atoms with Crippen LogP contribution in [0, 0.1) is 0 Å². The fourth-order valence-electron chi connectivity index (χ4n) is 2.77. The summed E-state index contributed by atoms with van der Waals surface area (Å²) in [5.74, 6) is 0. The number of H-pyrrole nitrogens is 1. The van der Waals surface area contributed by atoms with Gasteiger partial charge in [0.25, 0.3) is 5.56 Å². The maximum Gasteiger partial charge on any atom is 0.257 e. The van der Waals surface area contributed by atoms with Gasteiger partial charge in [-0.2, -0.15) is 0 Å². The minimum atomic E-state index is -0.0383. The van der Waals surface area contributed by atoms with Crippen molar-refractivity contribution in [2.24, 2.45) is 0 Å². The molecule has 0 aliphatic carbocycles. The number of rotatable bonds is 2. The van der Waals surface area contributed by atoms with Gasteiger partial charge in [-0.1, -0.05) is 42.5 Å². The molecule has 4 aromatic rings. The number of thiophene rings is 1. The molecule has 4 rings (SSSR count). The maximum atomic E-state index is 12.4. The summed E-state index contributed by atoms with van der Waals surface area (Å²) in [4.78, 5) is 16.5. The molecular weight excluding hydrogens is 292 g/mol. The summed E-state index contributed by atoms with van der Waals surface area (Å²) in [7, 11) is 1.86. The van der Waals surface area contributed by atoms with Crippen molar-refractivity contribution >= 4 is 38.0 Å². The van der Waals surface area contributed by atoms with Crippen LogP contribution in [0.4, 0.5) is 5.69 Å². The summed E-state index contributed by atoms with van der Waals surface area (Å²) in [5.41, 5.74) is 2.90. The van der Waals surface area contributed by atoms with E-state index in [1.807, 2.05) is 43.4 Å². The number of anilines is 1. The van der Waals surface area contributed by atoms with Gasteiger partial charge < -0.3 is 10.3 Å².